The van der Waals surface area contributed by atoms with Gasteiger partial charge in [-0.3, -0.25) is 4.79 Å². The van der Waals surface area contributed by atoms with E-state index in [0.717, 1.165) is 32.1 Å². The molecule has 1 aliphatic carbocycles. The zero-order valence-corrected chi connectivity index (χ0v) is 16.2. The van der Waals surface area contributed by atoms with E-state index in [-0.39, 0.29) is 30.5 Å². The number of rotatable bonds is 12. The fourth-order valence-electron chi connectivity index (χ4n) is 3.52. The molecular formula is C22H36O4. The van der Waals surface area contributed by atoms with Crippen LogP contribution in [0, 0.1) is 23.7 Å². The summed E-state index contributed by atoms with van der Waals surface area (Å²) in [5.74, 6) is 5.94. The Morgan fingerprint density at radius 3 is 2.69 bits per heavy atom. The maximum Gasteiger partial charge on any atom is 0.303 e. The number of carboxylic acid groups (broad SMARTS) is 1. The molecule has 4 nitrogen and oxygen atoms in total. The summed E-state index contributed by atoms with van der Waals surface area (Å²) in [4.78, 5) is 10.4. The summed E-state index contributed by atoms with van der Waals surface area (Å²) in [6.07, 6.45) is 13.6. The Balaban J connectivity index is 2.32. The maximum absolute atomic E-state index is 10.4. The molecule has 1 fully saturated rings. The SMILES string of the molecule is CCCCCCC(O)/C=C/C1CCC(O)C1CC#CCCCCC(=O)O. The van der Waals surface area contributed by atoms with Gasteiger partial charge < -0.3 is 15.3 Å². The van der Waals surface area contributed by atoms with Crippen LogP contribution in [0.15, 0.2) is 12.2 Å². The largest absolute Gasteiger partial charge is 0.481 e. The number of hydrogen-bond donors (Lipinski definition) is 3. The van der Waals surface area contributed by atoms with Gasteiger partial charge in [0.05, 0.1) is 12.2 Å². The van der Waals surface area contributed by atoms with Crippen LogP contribution in [0.25, 0.3) is 0 Å². The zero-order valence-electron chi connectivity index (χ0n) is 16.2. The van der Waals surface area contributed by atoms with Crippen LogP contribution >= 0.6 is 0 Å². The molecule has 1 saturated carbocycles. The highest BCUT2D eigenvalue weighted by Gasteiger charge is 2.32. The molecule has 1 rings (SSSR count). The van der Waals surface area contributed by atoms with E-state index in [2.05, 4.69) is 24.8 Å². The topological polar surface area (TPSA) is 77.8 Å². The molecule has 0 spiro atoms. The van der Waals surface area contributed by atoms with Gasteiger partial charge in [-0.2, -0.15) is 0 Å². The molecule has 0 amide bonds. The third kappa shape index (κ3) is 9.99. The van der Waals surface area contributed by atoms with E-state index >= 15 is 0 Å². The van der Waals surface area contributed by atoms with Crippen molar-refractivity contribution in [1.82, 2.24) is 0 Å². The molecule has 1 aliphatic rings. The van der Waals surface area contributed by atoms with Crippen LogP contribution in [-0.4, -0.2) is 33.5 Å². The van der Waals surface area contributed by atoms with E-state index in [1.807, 2.05) is 6.08 Å². The van der Waals surface area contributed by atoms with Crippen LogP contribution in [0.2, 0.25) is 0 Å². The van der Waals surface area contributed by atoms with E-state index in [4.69, 9.17) is 5.11 Å². The highest BCUT2D eigenvalue weighted by molar-refractivity contribution is 5.66. The third-order valence-corrected chi connectivity index (χ3v) is 5.18. The number of carboxylic acids is 1. The van der Waals surface area contributed by atoms with Gasteiger partial charge in [-0.05, 0) is 38.0 Å². The van der Waals surface area contributed by atoms with E-state index in [9.17, 15) is 15.0 Å². The Morgan fingerprint density at radius 2 is 1.96 bits per heavy atom. The van der Waals surface area contributed by atoms with Gasteiger partial charge in [0.15, 0.2) is 0 Å². The summed E-state index contributed by atoms with van der Waals surface area (Å²) < 4.78 is 0. The second kappa shape index (κ2) is 13.8. The Kier molecular flexibility index (Phi) is 12.1. The summed E-state index contributed by atoms with van der Waals surface area (Å²) in [7, 11) is 0. The number of aliphatic hydroxyl groups is 2. The molecule has 4 heteroatoms. The molecule has 0 aliphatic heterocycles. The molecule has 0 bridgehead atoms. The highest BCUT2D eigenvalue weighted by atomic mass is 16.4. The van der Waals surface area contributed by atoms with Gasteiger partial charge in [0, 0.05) is 25.2 Å². The normalized spacial score (nSPS) is 23.7. The quantitative estimate of drug-likeness (QED) is 0.274. The van der Waals surface area contributed by atoms with Crippen LogP contribution < -0.4 is 0 Å². The van der Waals surface area contributed by atoms with E-state index in [0.29, 0.717) is 19.3 Å². The average molecular weight is 365 g/mol. The number of carbonyl (C=O) groups is 1. The molecule has 0 aromatic heterocycles. The van der Waals surface area contributed by atoms with Crippen molar-refractivity contribution in [3.63, 3.8) is 0 Å². The molecule has 4 unspecified atom stereocenters. The third-order valence-electron chi connectivity index (χ3n) is 5.18. The van der Waals surface area contributed by atoms with Crippen molar-refractivity contribution in [2.45, 2.75) is 96.2 Å². The second-order valence-corrected chi connectivity index (χ2v) is 7.43. The summed E-state index contributed by atoms with van der Waals surface area (Å²) in [6, 6.07) is 0. The standard InChI is InChI=1S/C22H36O4/c1-2-3-4-8-11-19(23)16-14-18-15-17-21(24)20(18)12-9-6-5-7-10-13-22(25)26/h14,16,18-21,23-24H,2-5,7-8,10-13,15,17H2,1H3,(H,25,26)/b16-14+. The van der Waals surface area contributed by atoms with Crippen molar-refractivity contribution < 1.29 is 20.1 Å². The van der Waals surface area contributed by atoms with Crippen LogP contribution in [-0.2, 0) is 4.79 Å². The van der Waals surface area contributed by atoms with Crippen LogP contribution in [0.5, 0.6) is 0 Å². The minimum atomic E-state index is -0.755. The minimum absolute atomic E-state index is 0.144. The fraction of sp³-hybridized carbons (Fsp3) is 0.773. The first-order valence-electron chi connectivity index (χ1n) is 10.3. The van der Waals surface area contributed by atoms with Gasteiger partial charge in [-0.1, -0.05) is 44.8 Å². The van der Waals surface area contributed by atoms with Gasteiger partial charge in [-0.25, -0.2) is 0 Å². The van der Waals surface area contributed by atoms with E-state index in [1.165, 1.54) is 19.3 Å². The van der Waals surface area contributed by atoms with Gasteiger partial charge in [0.2, 0.25) is 0 Å². The predicted octanol–water partition coefficient (Wildman–Crippen LogP) is 4.30. The molecular weight excluding hydrogens is 328 g/mol. The first-order chi connectivity index (χ1) is 12.5. The Bertz CT molecular complexity index is 474. The maximum atomic E-state index is 10.4. The number of aliphatic carboxylic acids is 1. The van der Waals surface area contributed by atoms with Crippen molar-refractivity contribution in [3.8, 4) is 11.8 Å². The lowest BCUT2D eigenvalue weighted by Gasteiger charge is -2.17. The van der Waals surface area contributed by atoms with E-state index in [1.54, 1.807) is 0 Å². The van der Waals surface area contributed by atoms with Crippen molar-refractivity contribution in [2.75, 3.05) is 0 Å². The zero-order chi connectivity index (χ0) is 19.2. The number of unbranched alkanes of at least 4 members (excludes halogenated alkanes) is 5. The van der Waals surface area contributed by atoms with Gasteiger partial charge in [0.25, 0.3) is 0 Å². The lowest BCUT2D eigenvalue weighted by atomic mass is 9.91. The molecule has 3 N–H and O–H groups in total. The second-order valence-electron chi connectivity index (χ2n) is 7.43. The van der Waals surface area contributed by atoms with Crippen molar-refractivity contribution >= 4 is 5.97 Å². The van der Waals surface area contributed by atoms with Crippen LogP contribution in [0.3, 0.4) is 0 Å². The lowest BCUT2D eigenvalue weighted by molar-refractivity contribution is -0.137. The van der Waals surface area contributed by atoms with Gasteiger partial charge in [0.1, 0.15) is 0 Å². The first-order valence-corrected chi connectivity index (χ1v) is 10.3. The monoisotopic (exact) mass is 364 g/mol. The summed E-state index contributed by atoms with van der Waals surface area (Å²) in [5, 5.41) is 28.9. The lowest BCUT2D eigenvalue weighted by Crippen LogP contribution is -2.17. The Morgan fingerprint density at radius 1 is 1.15 bits per heavy atom. The van der Waals surface area contributed by atoms with E-state index < -0.39 is 5.97 Å². The van der Waals surface area contributed by atoms with Crippen molar-refractivity contribution in [3.05, 3.63) is 12.2 Å². The highest BCUT2D eigenvalue weighted by Crippen LogP contribution is 2.35. The number of hydrogen-bond acceptors (Lipinski definition) is 3. The molecule has 26 heavy (non-hydrogen) atoms. The molecule has 148 valence electrons. The number of aliphatic hydroxyl groups excluding tert-OH is 2. The van der Waals surface area contributed by atoms with Crippen molar-refractivity contribution in [1.29, 1.82) is 0 Å². The number of allylic oxidation sites excluding steroid dienone is 1. The van der Waals surface area contributed by atoms with Crippen molar-refractivity contribution in [2.24, 2.45) is 11.8 Å². The molecule has 0 saturated heterocycles. The predicted molar refractivity (Wildman–Crippen MR) is 105 cm³/mol. The van der Waals surface area contributed by atoms with Gasteiger partial charge >= 0.3 is 5.97 Å². The fourth-order valence-corrected chi connectivity index (χ4v) is 3.52. The van der Waals surface area contributed by atoms with Gasteiger partial charge in [-0.15, -0.1) is 11.8 Å². The first kappa shape index (κ1) is 22.7. The smallest absolute Gasteiger partial charge is 0.303 e. The average Bonchev–Trinajstić information content (AvgIpc) is 2.96. The molecule has 0 radical (unpaired) electrons. The summed E-state index contributed by atoms with van der Waals surface area (Å²) in [5.41, 5.74) is 0. The molecule has 0 aromatic carbocycles. The summed E-state index contributed by atoms with van der Waals surface area (Å²) in [6.45, 7) is 2.18. The molecule has 0 heterocycles. The Labute approximate surface area is 158 Å². The van der Waals surface area contributed by atoms with Crippen LogP contribution in [0.4, 0.5) is 0 Å². The molecule has 0 aromatic rings. The van der Waals surface area contributed by atoms with Crippen LogP contribution in [0.1, 0.15) is 84.0 Å². The Hall–Kier alpha value is -1.31. The minimum Gasteiger partial charge on any atom is -0.481 e. The molecule has 4 atom stereocenters. The summed E-state index contributed by atoms with van der Waals surface area (Å²) >= 11 is 0.